The molecule has 4 rings (SSSR count). The van der Waals surface area contributed by atoms with Gasteiger partial charge < -0.3 is 31.3 Å². The molecule has 0 radical (unpaired) electrons. The number of carbonyl (C=O) groups excluding carboxylic acids is 3. The Hall–Kier alpha value is -2.96. The summed E-state index contributed by atoms with van der Waals surface area (Å²) < 4.78 is 6.47. The molecule has 8 N–H and O–H groups in total. The molecule has 0 saturated heterocycles. The number of nitrogens with zero attached hydrogens (tertiary/aromatic N) is 1. The molecule has 0 bridgehead atoms. The number of aliphatic hydroxyl groups excluding tert-OH is 2. The number of aliphatic hydroxyl groups is 4. The van der Waals surface area contributed by atoms with Crippen LogP contribution in [0, 0.1) is 11.8 Å². The van der Waals surface area contributed by atoms with Crippen molar-refractivity contribution < 1.29 is 44.6 Å². The number of ketones is 2. The number of benzene rings is 1. The fourth-order valence-electron chi connectivity index (χ4n) is 5.50. The first-order chi connectivity index (χ1) is 15.8. The number of likely N-dealkylation sites (N-methyl/N-ethyl adjacent to an activating group) is 1. The van der Waals surface area contributed by atoms with Crippen molar-refractivity contribution in [2.45, 2.75) is 30.6 Å². The molecule has 0 aromatic heterocycles. The maximum atomic E-state index is 13.7. The molecule has 0 unspecified atom stereocenters. The summed E-state index contributed by atoms with van der Waals surface area (Å²) in [6.45, 7) is 1.40. The Balaban J connectivity index is 0.00000158. The van der Waals surface area contributed by atoms with Crippen molar-refractivity contribution in [2.24, 2.45) is 17.6 Å². The number of phenolic OH excluding ortho intramolecular Hbond substituents is 1. The molecule has 1 aromatic carbocycles. The Morgan fingerprint density at radius 2 is 1.74 bits per heavy atom. The number of hydrogen-bond acceptors (Lipinski definition) is 10. The number of amides is 1. The normalized spacial score (nSPS) is 32.5. The summed E-state index contributed by atoms with van der Waals surface area (Å²) in [7, 11) is 3.01. The molecule has 1 fully saturated rings. The van der Waals surface area contributed by atoms with E-state index in [2.05, 4.69) is 11.9 Å². The lowest BCUT2D eigenvalue weighted by Crippen LogP contribution is -2.67. The second-order valence-corrected chi connectivity index (χ2v) is 8.96. The van der Waals surface area contributed by atoms with Gasteiger partial charge in [0.2, 0.25) is 5.78 Å². The van der Waals surface area contributed by atoms with Crippen LogP contribution in [-0.4, -0.2) is 78.3 Å². The number of fused-ring (bicyclic) bond motifs is 3. The zero-order chi connectivity index (χ0) is 25.9. The van der Waals surface area contributed by atoms with Crippen LogP contribution >= 0.6 is 11.9 Å². The van der Waals surface area contributed by atoms with Crippen LogP contribution in [-0.2, 0) is 20.0 Å². The highest BCUT2D eigenvalue weighted by molar-refractivity contribution is 6.24. The van der Waals surface area contributed by atoms with Crippen molar-refractivity contribution in [3.05, 3.63) is 46.2 Å². The molecular weight excluding hydrogens is 472 g/mol. The average Bonchev–Trinajstić information content (AvgIpc) is 2.75. The van der Waals surface area contributed by atoms with Gasteiger partial charge in [-0.25, -0.2) is 0 Å². The van der Waals surface area contributed by atoms with Crippen molar-refractivity contribution in [3.63, 3.8) is 0 Å². The van der Waals surface area contributed by atoms with Crippen molar-refractivity contribution in [1.82, 2.24) is 4.90 Å². The van der Waals surface area contributed by atoms with Crippen LogP contribution in [0.4, 0.5) is 0 Å². The van der Waals surface area contributed by atoms with Crippen LogP contribution in [0.5, 0.6) is 5.75 Å². The Morgan fingerprint density at radius 3 is 2.26 bits per heavy atom. The first-order valence-corrected chi connectivity index (χ1v) is 10.5. The smallest absolute Gasteiger partial charge is 0.255 e. The molecule has 5 atom stereocenters. The Morgan fingerprint density at radius 1 is 1.15 bits per heavy atom. The maximum absolute atomic E-state index is 13.7. The minimum atomic E-state index is -2.75. The van der Waals surface area contributed by atoms with Crippen LogP contribution in [0.25, 0.3) is 5.76 Å². The molecule has 34 heavy (non-hydrogen) atoms. The number of primary amides is 1. The molecule has 11 nitrogen and oxygen atoms in total. The van der Waals surface area contributed by atoms with Gasteiger partial charge in [0.1, 0.15) is 22.8 Å². The summed E-state index contributed by atoms with van der Waals surface area (Å²) >= 11 is 3.64. The number of rotatable bonds is 2. The predicted molar refractivity (Wildman–Crippen MR) is 118 cm³/mol. The molecule has 184 valence electrons. The number of phenols is 1. The third kappa shape index (κ3) is 3.16. The molecule has 0 heterocycles. The van der Waals surface area contributed by atoms with Crippen LogP contribution in [0.2, 0.25) is 0 Å². The lowest BCUT2D eigenvalue weighted by atomic mass is 9.54. The van der Waals surface area contributed by atoms with Crippen molar-refractivity contribution in [3.8, 4) is 5.75 Å². The zero-order valence-corrected chi connectivity index (χ0v) is 19.2. The topological polar surface area (TPSA) is 202 Å². The van der Waals surface area contributed by atoms with Gasteiger partial charge in [0.15, 0.2) is 11.4 Å². The molecule has 1 amide bonds. The van der Waals surface area contributed by atoms with E-state index in [0.29, 0.717) is 0 Å². The van der Waals surface area contributed by atoms with E-state index in [9.17, 15) is 39.9 Å². The van der Waals surface area contributed by atoms with E-state index in [0.717, 1.165) is 0 Å². The van der Waals surface area contributed by atoms with Gasteiger partial charge in [-0.05, 0) is 39.1 Å². The number of Topliss-reactive ketones (excluding diaryl/α,β-unsaturated/α-hetero) is 2. The van der Waals surface area contributed by atoms with E-state index < -0.39 is 75.0 Å². The Kier molecular flexibility index (Phi) is 6.31. The third-order valence-corrected chi connectivity index (χ3v) is 7.02. The van der Waals surface area contributed by atoms with Crippen LogP contribution in [0.1, 0.15) is 24.5 Å². The van der Waals surface area contributed by atoms with Gasteiger partial charge in [-0.1, -0.05) is 12.1 Å². The van der Waals surface area contributed by atoms with E-state index >= 15 is 0 Å². The molecule has 0 aliphatic heterocycles. The minimum absolute atomic E-state index is 0.170. The molecule has 1 aromatic rings. The minimum Gasteiger partial charge on any atom is -0.508 e. The summed E-state index contributed by atoms with van der Waals surface area (Å²) in [6.07, 6.45) is -0.200. The van der Waals surface area contributed by atoms with E-state index in [1.165, 1.54) is 44.1 Å². The lowest BCUT2D eigenvalue weighted by Gasteiger charge is -2.53. The number of nitrogens with two attached hydrogens (primary N) is 1. The van der Waals surface area contributed by atoms with E-state index in [4.69, 9.17) is 10.4 Å². The van der Waals surface area contributed by atoms with Crippen molar-refractivity contribution in [1.29, 1.82) is 0 Å². The average molecular weight is 497 g/mol. The van der Waals surface area contributed by atoms with Gasteiger partial charge >= 0.3 is 0 Å². The van der Waals surface area contributed by atoms with E-state index in [1.54, 1.807) is 0 Å². The molecule has 1 saturated carbocycles. The van der Waals surface area contributed by atoms with Gasteiger partial charge in [0, 0.05) is 17.4 Å². The number of carbonyl (C=O) groups is 3. The van der Waals surface area contributed by atoms with Gasteiger partial charge in [-0.3, -0.25) is 23.9 Å². The van der Waals surface area contributed by atoms with Gasteiger partial charge in [-0.2, -0.15) is 0 Å². The Bertz CT molecular complexity index is 1160. The highest BCUT2D eigenvalue weighted by atomic mass is 35.5. The van der Waals surface area contributed by atoms with Gasteiger partial charge in [-0.15, -0.1) is 0 Å². The van der Waals surface area contributed by atoms with Crippen molar-refractivity contribution >= 4 is 35.1 Å². The number of aromatic hydroxyl groups is 1. The SMILES string of the molecule is CN(C)[C@@H]1C(=O)C(C(N)=O)=C(O)[C@@]2(O)C(=O)C3=C(O)c4c(O)cccc4[C@@](C)(O)[C@H]3C[C@@H]12.OCl. The highest BCUT2D eigenvalue weighted by Gasteiger charge is 2.66. The largest absolute Gasteiger partial charge is 0.508 e. The summed E-state index contributed by atoms with van der Waals surface area (Å²) in [6, 6.07) is 3.02. The second-order valence-electron chi connectivity index (χ2n) is 8.96. The molecule has 3 aliphatic rings. The summed E-state index contributed by atoms with van der Waals surface area (Å²) in [4.78, 5) is 40.0. The predicted octanol–water partition coefficient (Wildman–Crippen LogP) is -0.238. The molecule has 12 heteroatoms. The maximum Gasteiger partial charge on any atom is 0.255 e. The van der Waals surface area contributed by atoms with E-state index in [-0.39, 0.29) is 17.5 Å². The standard InChI is InChI=1S/C22H24N2O8.ClHO/c1-21(31)8-5-4-6-11(25)12(8)16(26)13-9(21)7-10-15(24(2)3)17(27)14(20(23)30)19(29)22(10,32)18(13)28;1-2/h4-6,9-10,15,25-26,29,31-32H,7H2,1-3H3,(H2,23,30);2H/t9-,10-,15-,21+,22-;/m0./s1. The van der Waals surface area contributed by atoms with Crippen LogP contribution in [0.3, 0.4) is 0 Å². The molecular formula is C22H25ClN2O9. The van der Waals surface area contributed by atoms with Gasteiger partial charge in [0.05, 0.1) is 29.1 Å². The highest BCUT2D eigenvalue weighted by Crippen LogP contribution is 2.57. The molecule has 0 spiro atoms. The number of halogens is 1. The second kappa shape index (κ2) is 8.36. The first kappa shape index (κ1) is 25.7. The monoisotopic (exact) mass is 496 g/mol. The van der Waals surface area contributed by atoms with Crippen molar-refractivity contribution in [2.75, 3.05) is 14.1 Å². The van der Waals surface area contributed by atoms with E-state index in [1.807, 2.05) is 0 Å². The fraction of sp³-hybridized carbons (Fsp3) is 0.409. The quantitative estimate of drug-likeness (QED) is 0.268. The Labute approximate surface area is 199 Å². The number of hydrogen-bond donors (Lipinski definition) is 7. The van der Waals surface area contributed by atoms with Crippen LogP contribution < -0.4 is 5.73 Å². The fourth-order valence-corrected chi connectivity index (χ4v) is 5.50. The summed E-state index contributed by atoms with van der Waals surface area (Å²) in [5, 5.41) is 54.9. The molecule has 3 aliphatic carbocycles. The first-order valence-electron chi connectivity index (χ1n) is 10.1. The van der Waals surface area contributed by atoms with Crippen LogP contribution in [0.15, 0.2) is 35.1 Å². The lowest BCUT2D eigenvalue weighted by molar-refractivity contribution is -0.159. The van der Waals surface area contributed by atoms with Gasteiger partial charge in [0.25, 0.3) is 5.91 Å². The third-order valence-electron chi connectivity index (χ3n) is 7.02. The summed E-state index contributed by atoms with van der Waals surface area (Å²) in [5.74, 6) is -7.90. The zero-order valence-electron chi connectivity index (χ0n) is 18.5. The summed E-state index contributed by atoms with van der Waals surface area (Å²) in [5.41, 5.74) is -0.548.